The van der Waals surface area contributed by atoms with Crippen LogP contribution in [0.5, 0.6) is 0 Å². The highest BCUT2D eigenvalue weighted by Crippen LogP contribution is 2.24. The van der Waals surface area contributed by atoms with Crippen molar-refractivity contribution in [1.82, 2.24) is 34.9 Å². The van der Waals surface area contributed by atoms with Crippen molar-refractivity contribution in [1.29, 1.82) is 0 Å². The van der Waals surface area contributed by atoms with Crippen LogP contribution in [0.2, 0.25) is 0 Å². The Morgan fingerprint density at radius 3 is 2.56 bits per heavy atom. The van der Waals surface area contributed by atoms with Gasteiger partial charge in [0.15, 0.2) is 0 Å². The molecule has 11 nitrogen and oxygen atoms in total. The monoisotopic (exact) mass is 517 g/mol. The maximum absolute atomic E-state index is 13.5. The predicted octanol–water partition coefficient (Wildman–Crippen LogP) is 1.34. The largest absolute Gasteiger partial charge is 0.350 e. The van der Waals surface area contributed by atoms with E-state index in [4.69, 9.17) is 0 Å². The van der Waals surface area contributed by atoms with Gasteiger partial charge in [0.2, 0.25) is 10.0 Å². The molecule has 0 bridgehead atoms. The van der Waals surface area contributed by atoms with Crippen LogP contribution >= 0.6 is 0 Å². The van der Waals surface area contributed by atoms with Gasteiger partial charge in [-0.25, -0.2) is 22.5 Å². The summed E-state index contributed by atoms with van der Waals surface area (Å²) < 4.78 is 40.2. The number of carbonyl (C=O) groups excluding carboxylic acids is 2. The second kappa shape index (κ2) is 10.7. The van der Waals surface area contributed by atoms with Crippen LogP contribution in [0.1, 0.15) is 57.8 Å². The normalized spacial score (nSPS) is 18.2. The van der Waals surface area contributed by atoms with Crippen molar-refractivity contribution in [3.8, 4) is 0 Å². The average molecular weight is 518 g/mol. The lowest BCUT2D eigenvalue weighted by Crippen LogP contribution is -2.39. The molecule has 0 unspecified atom stereocenters. The van der Waals surface area contributed by atoms with Crippen LogP contribution < -0.4 is 15.4 Å². The van der Waals surface area contributed by atoms with Crippen molar-refractivity contribution in [3.05, 3.63) is 58.9 Å². The average Bonchev–Trinajstić information content (AvgIpc) is 3.31. The molecule has 13 heteroatoms. The number of carbonyl (C=O) groups is 2. The Morgan fingerprint density at radius 1 is 1.11 bits per heavy atom. The number of amides is 2. The molecular formula is C23H28FN7O4S. The zero-order chi connectivity index (χ0) is 25.9. The molecule has 2 amide bonds. The standard InChI is InChI=1S/C23H28FN7O4S/c1-14-9-16(5-8-18(14)24)12-25-21(32)19-10-20(31-23(29-19)27-13-28-31)22(33)26-11-15-3-6-17(7-4-15)30-36(2,34)35/h5,8-10,13,15,17,30H,3-4,6-7,11-12H2,1-2H3,(H,25,32)(H,26,33)/t15-,17+. The van der Waals surface area contributed by atoms with Gasteiger partial charge in [0.25, 0.3) is 17.6 Å². The first-order chi connectivity index (χ1) is 17.1. The molecule has 1 fully saturated rings. The van der Waals surface area contributed by atoms with Crippen LogP contribution in [0, 0.1) is 18.7 Å². The van der Waals surface area contributed by atoms with Gasteiger partial charge in [0, 0.05) is 25.2 Å². The summed E-state index contributed by atoms with van der Waals surface area (Å²) in [5.74, 6) is -0.932. The Bertz CT molecular complexity index is 1380. The Morgan fingerprint density at radius 2 is 1.86 bits per heavy atom. The minimum absolute atomic E-state index is 0.00633. The van der Waals surface area contributed by atoms with E-state index in [0.29, 0.717) is 24.9 Å². The van der Waals surface area contributed by atoms with Crippen molar-refractivity contribution in [2.75, 3.05) is 12.8 Å². The first-order valence-electron chi connectivity index (χ1n) is 11.6. The van der Waals surface area contributed by atoms with Gasteiger partial charge in [0.1, 0.15) is 23.5 Å². The zero-order valence-corrected chi connectivity index (χ0v) is 20.8. The third-order valence-corrected chi connectivity index (χ3v) is 6.93. The highest BCUT2D eigenvalue weighted by molar-refractivity contribution is 7.88. The molecule has 1 saturated carbocycles. The van der Waals surface area contributed by atoms with Crippen LogP contribution in [0.3, 0.4) is 0 Å². The summed E-state index contributed by atoms with van der Waals surface area (Å²) in [4.78, 5) is 34.0. The summed E-state index contributed by atoms with van der Waals surface area (Å²) in [7, 11) is -3.24. The molecule has 1 aromatic carbocycles. The molecule has 3 N–H and O–H groups in total. The molecule has 0 spiro atoms. The molecule has 2 heterocycles. The van der Waals surface area contributed by atoms with E-state index in [1.165, 1.54) is 23.0 Å². The number of nitrogens with one attached hydrogen (secondary N) is 3. The van der Waals surface area contributed by atoms with Gasteiger partial charge in [-0.15, -0.1) is 0 Å². The van der Waals surface area contributed by atoms with E-state index in [9.17, 15) is 22.4 Å². The van der Waals surface area contributed by atoms with Crippen LogP contribution in [0.4, 0.5) is 4.39 Å². The number of fused-ring (bicyclic) bond motifs is 1. The lowest BCUT2D eigenvalue weighted by atomic mass is 9.86. The highest BCUT2D eigenvalue weighted by Gasteiger charge is 2.24. The molecule has 4 rings (SSSR count). The first-order valence-corrected chi connectivity index (χ1v) is 13.5. The van der Waals surface area contributed by atoms with Gasteiger partial charge in [-0.05, 0) is 55.7 Å². The first kappa shape index (κ1) is 25.6. The summed E-state index contributed by atoms with van der Waals surface area (Å²) in [5.41, 5.74) is 1.33. The number of nitrogens with zero attached hydrogens (tertiary/aromatic N) is 4. The number of aryl methyl sites for hydroxylation is 1. The summed E-state index contributed by atoms with van der Waals surface area (Å²) in [6.07, 6.45) is 5.36. The molecule has 1 aliphatic rings. The van der Waals surface area contributed by atoms with Gasteiger partial charge >= 0.3 is 0 Å². The lowest BCUT2D eigenvalue weighted by molar-refractivity contribution is 0.0935. The molecular weight excluding hydrogens is 489 g/mol. The van der Waals surface area contributed by atoms with Crippen LogP contribution in [-0.4, -0.2) is 58.7 Å². The van der Waals surface area contributed by atoms with Gasteiger partial charge in [0.05, 0.1) is 6.26 Å². The third-order valence-electron chi connectivity index (χ3n) is 6.17. The lowest BCUT2D eigenvalue weighted by Gasteiger charge is -2.28. The van der Waals surface area contributed by atoms with Crippen molar-refractivity contribution >= 4 is 27.6 Å². The summed E-state index contributed by atoms with van der Waals surface area (Å²) in [6, 6.07) is 5.85. The number of benzene rings is 1. The molecule has 0 atom stereocenters. The molecule has 0 aliphatic heterocycles. The van der Waals surface area contributed by atoms with E-state index in [-0.39, 0.29) is 41.5 Å². The van der Waals surface area contributed by atoms with Crippen LogP contribution in [0.15, 0.2) is 30.6 Å². The van der Waals surface area contributed by atoms with E-state index in [1.807, 2.05) is 0 Å². The Labute approximate surface area is 208 Å². The molecule has 1 aliphatic carbocycles. The molecule has 3 aromatic rings. The molecule has 192 valence electrons. The number of hydrogen-bond donors (Lipinski definition) is 3. The zero-order valence-electron chi connectivity index (χ0n) is 20.0. The quantitative estimate of drug-likeness (QED) is 0.408. The third kappa shape index (κ3) is 6.40. The number of halogens is 1. The van der Waals surface area contributed by atoms with Crippen molar-refractivity contribution < 1.29 is 22.4 Å². The van der Waals surface area contributed by atoms with Crippen molar-refractivity contribution in [2.24, 2.45) is 5.92 Å². The number of aromatic nitrogens is 4. The Kier molecular flexibility index (Phi) is 7.59. The number of sulfonamides is 1. The van der Waals surface area contributed by atoms with E-state index in [2.05, 4.69) is 30.4 Å². The Hall–Kier alpha value is -3.45. The SMILES string of the molecule is Cc1cc(CNC(=O)c2cc(C(=O)NC[C@H]3CC[C@@H](NS(C)(=O)=O)CC3)n3ncnc3n2)ccc1F. The second-order valence-electron chi connectivity index (χ2n) is 9.08. The minimum Gasteiger partial charge on any atom is -0.350 e. The van der Waals surface area contributed by atoms with Gasteiger partial charge < -0.3 is 10.6 Å². The van der Waals surface area contributed by atoms with Gasteiger partial charge in [-0.3, -0.25) is 9.59 Å². The summed E-state index contributed by atoms with van der Waals surface area (Å²) >= 11 is 0. The highest BCUT2D eigenvalue weighted by atomic mass is 32.2. The van der Waals surface area contributed by atoms with Gasteiger partial charge in [-0.1, -0.05) is 12.1 Å². The van der Waals surface area contributed by atoms with E-state index in [0.717, 1.165) is 24.7 Å². The fraction of sp³-hybridized carbons (Fsp3) is 0.435. The smallest absolute Gasteiger partial charge is 0.270 e. The van der Waals surface area contributed by atoms with Crippen molar-refractivity contribution in [3.63, 3.8) is 0 Å². The Balaban J connectivity index is 1.39. The number of rotatable bonds is 8. The van der Waals surface area contributed by atoms with Gasteiger partial charge in [-0.2, -0.15) is 14.6 Å². The molecule has 36 heavy (non-hydrogen) atoms. The maximum Gasteiger partial charge on any atom is 0.270 e. The van der Waals surface area contributed by atoms with Crippen LogP contribution in [-0.2, 0) is 16.6 Å². The fourth-order valence-electron chi connectivity index (χ4n) is 4.29. The number of hydrogen-bond acceptors (Lipinski definition) is 7. The molecule has 2 aromatic heterocycles. The maximum atomic E-state index is 13.5. The van der Waals surface area contributed by atoms with E-state index < -0.39 is 21.8 Å². The second-order valence-corrected chi connectivity index (χ2v) is 10.9. The molecule has 0 saturated heterocycles. The topological polar surface area (TPSA) is 147 Å². The van der Waals surface area contributed by atoms with Crippen molar-refractivity contribution in [2.45, 2.75) is 45.2 Å². The predicted molar refractivity (Wildman–Crippen MR) is 129 cm³/mol. The fourth-order valence-corrected chi connectivity index (χ4v) is 5.14. The summed E-state index contributed by atoms with van der Waals surface area (Å²) in [6.45, 7) is 2.22. The van der Waals surface area contributed by atoms with E-state index in [1.54, 1.807) is 19.1 Å². The van der Waals surface area contributed by atoms with Crippen LogP contribution in [0.25, 0.3) is 5.78 Å². The molecule has 0 radical (unpaired) electrons. The minimum atomic E-state index is -3.24. The summed E-state index contributed by atoms with van der Waals surface area (Å²) in [5, 5.41) is 9.66. The van der Waals surface area contributed by atoms with E-state index >= 15 is 0 Å².